The average Bonchev–Trinajstić information content (AvgIpc) is 2.90. The Morgan fingerprint density at radius 1 is 1.30 bits per heavy atom. The molecular weight excluding hydrogens is 276 g/mol. The minimum Gasteiger partial charge on any atom is -0.361 e. The first-order valence-corrected chi connectivity index (χ1v) is 6.85. The number of fused-ring (bicyclic) bond motifs is 1. The van der Waals surface area contributed by atoms with Crippen molar-refractivity contribution in [3.05, 3.63) is 28.5 Å². The van der Waals surface area contributed by atoms with Crippen LogP contribution < -0.4 is 0 Å². The zero-order valence-corrected chi connectivity index (χ0v) is 12.6. The minimum absolute atomic E-state index is 0.445. The molecule has 3 rings (SSSR count). The van der Waals surface area contributed by atoms with Gasteiger partial charge in [-0.05, 0) is 20.3 Å². The number of hydrogen-bond acceptors (Lipinski definition) is 4. The Bertz CT molecular complexity index is 803. The van der Waals surface area contributed by atoms with Gasteiger partial charge in [0.05, 0.1) is 5.39 Å². The molecule has 0 amide bonds. The quantitative estimate of drug-likeness (QED) is 0.678. The summed E-state index contributed by atoms with van der Waals surface area (Å²) in [7, 11) is 1.98. The molecule has 0 spiro atoms. The molecule has 0 saturated carbocycles. The Morgan fingerprint density at radius 2 is 2.05 bits per heavy atom. The maximum absolute atomic E-state index is 6.29. The van der Waals surface area contributed by atoms with Crippen LogP contribution in [0.1, 0.15) is 23.9 Å². The SMILES string of the molecule is CCc1c(-c2noc(C)c2C)c2c(Cl)ncnc2n1C. The number of rotatable bonds is 2. The molecule has 0 atom stereocenters. The van der Waals surface area contributed by atoms with Crippen LogP contribution in [0.5, 0.6) is 0 Å². The fourth-order valence-corrected chi connectivity index (χ4v) is 2.81. The zero-order valence-electron chi connectivity index (χ0n) is 11.9. The Labute approximate surface area is 121 Å². The molecule has 0 aliphatic heterocycles. The molecule has 3 heterocycles. The Kier molecular flexibility index (Phi) is 3.01. The number of hydrogen-bond donors (Lipinski definition) is 0. The van der Waals surface area contributed by atoms with E-state index in [1.807, 2.05) is 25.5 Å². The van der Waals surface area contributed by atoms with Crippen LogP contribution >= 0.6 is 11.6 Å². The lowest BCUT2D eigenvalue weighted by Gasteiger charge is -2.03. The van der Waals surface area contributed by atoms with Gasteiger partial charge in [0.2, 0.25) is 0 Å². The predicted octanol–water partition coefficient (Wildman–Crippen LogP) is 3.46. The van der Waals surface area contributed by atoms with E-state index >= 15 is 0 Å². The largest absolute Gasteiger partial charge is 0.361 e. The molecule has 104 valence electrons. The van der Waals surface area contributed by atoms with E-state index in [1.54, 1.807) is 0 Å². The standard InChI is InChI=1S/C14H15ClN4O/c1-5-9-10(12-7(2)8(3)20-18-12)11-13(15)16-6-17-14(11)19(9)4/h6H,5H2,1-4H3. The smallest absolute Gasteiger partial charge is 0.145 e. The van der Waals surface area contributed by atoms with Crippen molar-refractivity contribution in [1.29, 1.82) is 0 Å². The maximum Gasteiger partial charge on any atom is 0.145 e. The zero-order chi connectivity index (χ0) is 14.4. The molecule has 0 aromatic carbocycles. The Hall–Kier alpha value is -1.88. The van der Waals surface area contributed by atoms with E-state index in [2.05, 4.69) is 22.0 Å². The van der Waals surface area contributed by atoms with Crippen molar-refractivity contribution in [2.75, 3.05) is 0 Å². The van der Waals surface area contributed by atoms with Crippen LogP contribution in [0.2, 0.25) is 5.15 Å². The van der Waals surface area contributed by atoms with Gasteiger partial charge >= 0.3 is 0 Å². The highest BCUT2D eigenvalue weighted by atomic mass is 35.5. The number of nitrogens with zero attached hydrogens (tertiary/aromatic N) is 4. The fourth-order valence-electron chi connectivity index (χ4n) is 2.58. The van der Waals surface area contributed by atoms with Crippen molar-refractivity contribution in [3.63, 3.8) is 0 Å². The summed E-state index contributed by atoms with van der Waals surface area (Å²) in [5.74, 6) is 0.812. The van der Waals surface area contributed by atoms with Crippen LogP contribution in [0.25, 0.3) is 22.3 Å². The maximum atomic E-state index is 6.29. The van der Waals surface area contributed by atoms with E-state index in [9.17, 15) is 0 Å². The van der Waals surface area contributed by atoms with E-state index in [0.29, 0.717) is 5.15 Å². The van der Waals surface area contributed by atoms with Crippen LogP contribution in [0, 0.1) is 13.8 Å². The second-order valence-corrected chi connectivity index (χ2v) is 5.17. The van der Waals surface area contributed by atoms with Gasteiger partial charge in [0.1, 0.15) is 28.6 Å². The van der Waals surface area contributed by atoms with Gasteiger partial charge in [-0.25, -0.2) is 9.97 Å². The second kappa shape index (κ2) is 4.59. The van der Waals surface area contributed by atoms with Gasteiger partial charge in [-0.15, -0.1) is 0 Å². The number of halogens is 1. The summed E-state index contributed by atoms with van der Waals surface area (Å²) in [6.45, 7) is 6.00. The first-order chi connectivity index (χ1) is 9.56. The van der Waals surface area contributed by atoms with Gasteiger partial charge in [-0.1, -0.05) is 23.7 Å². The summed E-state index contributed by atoms with van der Waals surface area (Å²) < 4.78 is 7.35. The number of aromatic nitrogens is 4. The van der Waals surface area contributed by atoms with Crippen LogP contribution in [0.4, 0.5) is 0 Å². The van der Waals surface area contributed by atoms with Gasteiger partial charge in [0.25, 0.3) is 0 Å². The molecular formula is C14H15ClN4O. The summed E-state index contributed by atoms with van der Waals surface area (Å²) in [4.78, 5) is 8.44. The average molecular weight is 291 g/mol. The highest BCUT2D eigenvalue weighted by Crippen LogP contribution is 2.38. The fraction of sp³-hybridized carbons (Fsp3) is 0.357. The lowest BCUT2D eigenvalue weighted by molar-refractivity contribution is 0.398. The van der Waals surface area contributed by atoms with E-state index in [-0.39, 0.29) is 0 Å². The molecule has 6 heteroatoms. The van der Waals surface area contributed by atoms with Gasteiger partial charge in [0, 0.05) is 23.9 Å². The van der Waals surface area contributed by atoms with E-state index in [4.69, 9.17) is 16.1 Å². The van der Waals surface area contributed by atoms with Crippen molar-refractivity contribution in [2.45, 2.75) is 27.2 Å². The number of aryl methyl sites for hydroxylation is 2. The molecule has 0 aliphatic rings. The molecule has 3 aromatic rings. The van der Waals surface area contributed by atoms with Crippen LogP contribution in [-0.4, -0.2) is 19.7 Å². The molecule has 0 saturated heterocycles. The minimum atomic E-state index is 0.445. The first-order valence-electron chi connectivity index (χ1n) is 6.47. The second-order valence-electron chi connectivity index (χ2n) is 4.81. The summed E-state index contributed by atoms with van der Waals surface area (Å²) in [6, 6.07) is 0. The molecule has 0 unspecified atom stereocenters. The van der Waals surface area contributed by atoms with Crippen molar-refractivity contribution >= 4 is 22.6 Å². The first kappa shape index (κ1) is 13.1. The lowest BCUT2D eigenvalue weighted by Crippen LogP contribution is -1.97. The molecule has 20 heavy (non-hydrogen) atoms. The third kappa shape index (κ3) is 1.66. The van der Waals surface area contributed by atoms with E-state index < -0.39 is 0 Å². The molecule has 3 aromatic heterocycles. The molecule has 0 N–H and O–H groups in total. The van der Waals surface area contributed by atoms with Gasteiger partial charge < -0.3 is 9.09 Å². The Morgan fingerprint density at radius 3 is 2.65 bits per heavy atom. The van der Waals surface area contributed by atoms with Gasteiger partial charge in [-0.3, -0.25) is 0 Å². The highest BCUT2D eigenvalue weighted by molar-refractivity contribution is 6.35. The summed E-state index contributed by atoms with van der Waals surface area (Å²) in [5.41, 5.74) is 4.76. The summed E-state index contributed by atoms with van der Waals surface area (Å²) in [6.07, 6.45) is 2.33. The van der Waals surface area contributed by atoms with Crippen molar-refractivity contribution in [3.8, 4) is 11.3 Å². The van der Waals surface area contributed by atoms with Crippen LogP contribution in [0.15, 0.2) is 10.9 Å². The molecule has 5 nitrogen and oxygen atoms in total. The summed E-state index contributed by atoms with van der Waals surface area (Å²) >= 11 is 6.29. The van der Waals surface area contributed by atoms with Crippen molar-refractivity contribution in [2.24, 2.45) is 7.05 Å². The van der Waals surface area contributed by atoms with Crippen molar-refractivity contribution < 1.29 is 4.52 Å². The van der Waals surface area contributed by atoms with Crippen molar-refractivity contribution in [1.82, 2.24) is 19.7 Å². The third-order valence-corrected chi connectivity index (χ3v) is 4.06. The Balaban J connectivity index is 2.48. The van der Waals surface area contributed by atoms with E-state index in [1.165, 1.54) is 6.33 Å². The monoisotopic (exact) mass is 290 g/mol. The highest BCUT2D eigenvalue weighted by Gasteiger charge is 2.23. The summed E-state index contributed by atoms with van der Waals surface area (Å²) in [5, 5.41) is 5.48. The molecule has 0 bridgehead atoms. The third-order valence-electron chi connectivity index (χ3n) is 3.77. The molecule has 0 radical (unpaired) electrons. The van der Waals surface area contributed by atoms with Gasteiger partial charge in [-0.2, -0.15) is 0 Å². The van der Waals surface area contributed by atoms with Gasteiger partial charge in [0.15, 0.2) is 0 Å². The normalized spacial score (nSPS) is 11.4. The topological polar surface area (TPSA) is 56.7 Å². The van der Waals surface area contributed by atoms with Crippen LogP contribution in [0.3, 0.4) is 0 Å². The lowest BCUT2D eigenvalue weighted by atomic mass is 10.0. The molecule has 0 aliphatic carbocycles. The van der Waals surface area contributed by atoms with E-state index in [0.717, 1.165) is 45.7 Å². The predicted molar refractivity (Wildman–Crippen MR) is 77.9 cm³/mol. The van der Waals surface area contributed by atoms with Crippen LogP contribution in [-0.2, 0) is 13.5 Å². The molecule has 0 fully saturated rings.